The van der Waals surface area contributed by atoms with Gasteiger partial charge in [-0.1, -0.05) is 30.3 Å². The molecule has 1 atom stereocenters. The van der Waals surface area contributed by atoms with Crippen molar-refractivity contribution in [3.8, 4) is 0 Å². The SMILES string of the molecule is CNC(=O)C(C(=O)OC)c1ccccc1. The van der Waals surface area contributed by atoms with Gasteiger partial charge < -0.3 is 10.1 Å². The molecule has 0 aromatic heterocycles. The predicted octanol–water partition coefficient (Wildman–Crippen LogP) is 0.689. The number of esters is 1. The zero-order chi connectivity index (χ0) is 11.3. The summed E-state index contributed by atoms with van der Waals surface area (Å²) in [6.45, 7) is 0. The Hall–Kier alpha value is -1.84. The fourth-order valence-electron chi connectivity index (χ4n) is 1.30. The highest BCUT2D eigenvalue weighted by Crippen LogP contribution is 2.16. The molecule has 4 heteroatoms. The highest BCUT2D eigenvalue weighted by molar-refractivity contribution is 6.03. The molecule has 0 saturated carbocycles. The van der Waals surface area contributed by atoms with E-state index in [9.17, 15) is 9.59 Å². The molecule has 0 spiro atoms. The quantitative estimate of drug-likeness (QED) is 0.586. The van der Waals surface area contributed by atoms with Crippen LogP contribution in [0.15, 0.2) is 30.3 Å². The van der Waals surface area contributed by atoms with Crippen LogP contribution in [0.2, 0.25) is 0 Å². The summed E-state index contributed by atoms with van der Waals surface area (Å²) in [6.07, 6.45) is 0. The number of hydrogen-bond acceptors (Lipinski definition) is 3. The minimum Gasteiger partial charge on any atom is -0.468 e. The van der Waals surface area contributed by atoms with Crippen LogP contribution in [0.3, 0.4) is 0 Å². The van der Waals surface area contributed by atoms with Crippen LogP contribution in [0.4, 0.5) is 0 Å². The number of carbonyl (C=O) groups excluding carboxylic acids is 2. The average Bonchev–Trinajstić information content (AvgIpc) is 2.30. The third-order valence-corrected chi connectivity index (χ3v) is 2.08. The first kappa shape index (κ1) is 11.2. The van der Waals surface area contributed by atoms with Gasteiger partial charge in [0, 0.05) is 7.05 Å². The smallest absolute Gasteiger partial charge is 0.322 e. The largest absolute Gasteiger partial charge is 0.468 e. The van der Waals surface area contributed by atoms with Crippen LogP contribution in [-0.2, 0) is 14.3 Å². The number of methoxy groups -OCH3 is 1. The van der Waals surface area contributed by atoms with Gasteiger partial charge in [0.25, 0.3) is 0 Å². The standard InChI is InChI=1S/C11H13NO3/c1-12-10(13)9(11(14)15-2)8-6-4-3-5-7-8/h3-7,9H,1-2H3,(H,12,13). The Balaban J connectivity index is 3.02. The lowest BCUT2D eigenvalue weighted by Gasteiger charge is -2.12. The third-order valence-electron chi connectivity index (χ3n) is 2.08. The molecule has 0 fully saturated rings. The second-order valence-corrected chi connectivity index (χ2v) is 2.98. The number of hydrogen-bond donors (Lipinski definition) is 1. The third kappa shape index (κ3) is 2.56. The molecule has 0 aliphatic carbocycles. The zero-order valence-electron chi connectivity index (χ0n) is 8.69. The first-order chi connectivity index (χ1) is 7.20. The molecule has 0 aliphatic heterocycles. The molecule has 0 saturated heterocycles. The maximum Gasteiger partial charge on any atom is 0.322 e. The Morgan fingerprint density at radius 3 is 2.33 bits per heavy atom. The van der Waals surface area contributed by atoms with Crippen molar-refractivity contribution in [1.29, 1.82) is 0 Å². The highest BCUT2D eigenvalue weighted by Gasteiger charge is 2.28. The van der Waals surface area contributed by atoms with Crippen LogP contribution in [0.5, 0.6) is 0 Å². The minimum absolute atomic E-state index is 0.368. The number of ether oxygens (including phenoxy) is 1. The van der Waals surface area contributed by atoms with E-state index < -0.39 is 11.9 Å². The lowest BCUT2D eigenvalue weighted by Crippen LogP contribution is -2.31. The van der Waals surface area contributed by atoms with E-state index in [1.165, 1.54) is 14.2 Å². The summed E-state index contributed by atoms with van der Waals surface area (Å²) >= 11 is 0. The van der Waals surface area contributed by atoms with E-state index in [1.807, 2.05) is 6.07 Å². The zero-order valence-corrected chi connectivity index (χ0v) is 8.69. The molecule has 0 aliphatic rings. The first-order valence-corrected chi connectivity index (χ1v) is 4.55. The van der Waals surface area contributed by atoms with E-state index in [4.69, 9.17) is 0 Å². The Bertz CT molecular complexity index is 332. The van der Waals surface area contributed by atoms with Gasteiger partial charge in [0.05, 0.1) is 7.11 Å². The molecule has 4 nitrogen and oxygen atoms in total. The molecule has 15 heavy (non-hydrogen) atoms. The van der Waals surface area contributed by atoms with E-state index in [0.717, 1.165) is 0 Å². The second kappa shape index (κ2) is 5.14. The van der Waals surface area contributed by atoms with Crippen molar-refractivity contribution in [3.63, 3.8) is 0 Å². The Morgan fingerprint density at radius 2 is 1.87 bits per heavy atom. The summed E-state index contributed by atoms with van der Waals surface area (Å²) < 4.78 is 4.59. The maximum atomic E-state index is 11.5. The van der Waals surface area contributed by atoms with Gasteiger partial charge in [-0.3, -0.25) is 9.59 Å². The van der Waals surface area contributed by atoms with Gasteiger partial charge in [0.1, 0.15) is 0 Å². The van der Waals surface area contributed by atoms with Crippen LogP contribution in [-0.4, -0.2) is 26.0 Å². The fourth-order valence-corrected chi connectivity index (χ4v) is 1.30. The summed E-state index contributed by atoms with van der Waals surface area (Å²) in [5.74, 6) is -1.81. The number of likely N-dealkylation sites (N-methyl/N-ethyl adjacent to an activating group) is 1. The topological polar surface area (TPSA) is 55.4 Å². The lowest BCUT2D eigenvalue weighted by molar-refractivity contribution is -0.146. The van der Waals surface area contributed by atoms with Crippen molar-refractivity contribution in [1.82, 2.24) is 5.32 Å². The van der Waals surface area contributed by atoms with Gasteiger partial charge in [-0.2, -0.15) is 0 Å². The molecule has 1 aromatic carbocycles. The number of nitrogens with one attached hydrogen (secondary N) is 1. The summed E-state index contributed by atoms with van der Waals surface area (Å²) in [5.41, 5.74) is 0.628. The molecule has 80 valence electrons. The fraction of sp³-hybridized carbons (Fsp3) is 0.273. The predicted molar refractivity (Wildman–Crippen MR) is 55.3 cm³/mol. The average molecular weight is 207 g/mol. The minimum atomic E-state index is -0.888. The van der Waals surface area contributed by atoms with E-state index in [0.29, 0.717) is 5.56 Å². The summed E-state index contributed by atoms with van der Waals surface area (Å²) in [6, 6.07) is 8.80. The van der Waals surface area contributed by atoms with Gasteiger partial charge in [-0.15, -0.1) is 0 Å². The molecular formula is C11H13NO3. The van der Waals surface area contributed by atoms with Gasteiger partial charge in [-0.25, -0.2) is 0 Å². The number of rotatable bonds is 3. The molecular weight excluding hydrogens is 194 g/mol. The van der Waals surface area contributed by atoms with Crippen LogP contribution >= 0.6 is 0 Å². The van der Waals surface area contributed by atoms with E-state index in [2.05, 4.69) is 10.1 Å². The summed E-state index contributed by atoms with van der Waals surface area (Å²) in [7, 11) is 2.75. The Kier molecular flexibility index (Phi) is 3.85. The van der Waals surface area contributed by atoms with Crippen molar-refractivity contribution < 1.29 is 14.3 Å². The highest BCUT2D eigenvalue weighted by atomic mass is 16.5. The molecule has 0 radical (unpaired) electrons. The molecule has 1 amide bonds. The number of amides is 1. The van der Waals surface area contributed by atoms with Gasteiger partial charge in [-0.05, 0) is 5.56 Å². The summed E-state index contributed by atoms with van der Waals surface area (Å²) in [5, 5.41) is 2.44. The van der Waals surface area contributed by atoms with Crippen LogP contribution in [0, 0.1) is 0 Å². The van der Waals surface area contributed by atoms with E-state index in [1.54, 1.807) is 24.3 Å². The second-order valence-electron chi connectivity index (χ2n) is 2.98. The normalized spacial score (nSPS) is 11.6. The van der Waals surface area contributed by atoms with Gasteiger partial charge in [0.15, 0.2) is 5.92 Å². The summed E-state index contributed by atoms with van der Waals surface area (Å²) in [4.78, 5) is 22.9. The molecule has 1 rings (SSSR count). The van der Waals surface area contributed by atoms with Crippen molar-refractivity contribution in [2.24, 2.45) is 0 Å². The maximum absolute atomic E-state index is 11.5. The Labute approximate surface area is 88.2 Å². The van der Waals surface area contributed by atoms with Crippen LogP contribution < -0.4 is 5.32 Å². The molecule has 1 N–H and O–H groups in total. The van der Waals surface area contributed by atoms with Gasteiger partial charge >= 0.3 is 5.97 Å². The van der Waals surface area contributed by atoms with E-state index in [-0.39, 0.29) is 5.91 Å². The van der Waals surface area contributed by atoms with Crippen LogP contribution in [0.1, 0.15) is 11.5 Å². The van der Waals surface area contributed by atoms with Crippen LogP contribution in [0.25, 0.3) is 0 Å². The first-order valence-electron chi connectivity index (χ1n) is 4.55. The number of benzene rings is 1. The van der Waals surface area contributed by atoms with E-state index >= 15 is 0 Å². The van der Waals surface area contributed by atoms with Crippen molar-refractivity contribution in [2.75, 3.05) is 14.2 Å². The Morgan fingerprint density at radius 1 is 1.27 bits per heavy atom. The van der Waals surface area contributed by atoms with Crippen molar-refractivity contribution in [2.45, 2.75) is 5.92 Å². The molecule has 1 unspecified atom stereocenters. The van der Waals surface area contributed by atoms with Gasteiger partial charge in [0.2, 0.25) is 5.91 Å². The van der Waals surface area contributed by atoms with Crippen molar-refractivity contribution in [3.05, 3.63) is 35.9 Å². The molecule has 0 heterocycles. The van der Waals surface area contributed by atoms with Crippen molar-refractivity contribution >= 4 is 11.9 Å². The number of carbonyl (C=O) groups is 2. The monoisotopic (exact) mass is 207 g/mol. The molecule has 1 aromatic rings. The molecule has 0 bridgehead atoms. The lowest BCUT2D eigenvalue weighted by atomic mass is 9.98.